The Morgan fingerprint density at radius 2 is 2.20 bits per heavy atom. The minimum absolute atomic E-state index is 0.0442. The van der Waals surface area contributed by atoms with Crippen molar-refractivity contribution in [2.75, 3.05) is 6.61 Å². The standard InChI is InChI=1S/C11H8F2N2O5/c1-2-19-10(16)7-3-6(20-11(12)13)4-9(15(17)18)8(7)5-14/h3-4,11H,2H2,1H3. The second-order valence-electron chi connectivity index (χ2n) is 3.33. The van der Waals surface area contributed by atoms with E-state index >= 15 is 0 Å². The topological polar surface area (TPSA) is 102 Å². The number of ether oxygens (including phenoxy) is 2. The van der Waals surface area contributed by atoms with E-state index in [2.05, 4.69) is 9.47 Å². The average molecular weight is 286 g/mol. The minimum Gasteiger partial charge on any atom is -0.462 e. The van der Waals surface area contributed by atoms with Gasteiger partial charge in [-0.15, -0.1) is 0 Å². The molecule has 0 radical (unpaired) electrons. The van der Waals surface area contributed by atoms with E-state index in [1.165, 1.54) is 13.0 Å². The van der Waals surface area contributed by atoms with E-state index in [0.29, 0.717) is 6.07 Å². The molecule has 7 nitrogen and oxygen atoms in total. The lowest BCUT2D eigenvalue weighted by Gasteiger charge is -2.08. The molecule has 0 bridgehead atoms. The molecule has 0 unspecified atom stereocenters. The molecule has 0 atom stereocenters. The van der Waals surface area contributed by atoms with E-state index in [-0.39, 0.29) is 6.61 Å². The van der Waals surface area contributed by atoms with E-state index in [9.17, 15) is 23.7 Å². The number of halogens is 2. The normalized spacial score (nSPS) is 9.95. The summed E-state index contributed by atoms with van der Waals surface area (Å²) in [5.74, 6) is -1.64. The van der Waals surface area contributed by atoms with Gasteiger partial charge >= 0.3 is 12.6 Å². The number of nitriles is 1. The van der Waals surface area contributed by atoms with Crippen LogP contribution in [0.5, 0.6) is 5.75 Å². The van der Waals surface area contributed by atoms with Crippen molar-refractivity contribution in [2.24, 2.45) is 0 Å². The van der Waals surface area contributed by atoms with Crippen LogP contribution in [0.2, 0.25) is 0 Å². The van der Waals surface area contributed by atoms with Crippen LogP contribution in [0.3, 0.4) is 0 Å². The van der Waals surface area contributed by atoms with Crippen molar-refractivity contribution in [3.05, 3.63) is 33.4 Å². The second kappa shape index (κ2) is 6.42. The monoisotopic (exact) mass is 286 g/mol. The molecule has 0 aliphatic rings. The molecule has 0 spiro atoms. The van der Waals surface area contributed by atoms with Crippen LogP contribution < -0.4 is 4.74 Å². The summed E-state index contributed by atoms with van der Waals surface area (Å²) in [6.45, 7) is -1.78. The number of hydrogen-bond donors (Lipinski definition) is 0. The van der Waals surface area contributed by atoms with Crippen molar-refractivity contribution in [1.29, 1.82) is 5.26 Å². The summed E-state index contributed by atoms with van der Waals surface area (Å²) in [5.41, 5.74) is -1.89. The van der Waals surface area contributed by atoms with E-state index in [1.54, 1.807) is 0 Å². The third kappa shape index (κ3) is 3.38. The van der Waals surface area contributed by atoms with Crippen molar-refractivity contribution in [1.82, 2.24) is 0 Å². The van der Waals surface area contributed by atoms with Crippen LogP contribution in [0.4, 0.5) is 14.5 Å². The highest BCUT2D eigenvalue weighted by atomic mass is 19.3. The highest BCUT2D eigenvalue weighted by Crippen LogP contribution is 2.29. The van der Waals surface area contributed by atoms with Gasteiger partial charge in [-0.05, 0) is 13.0 Å². The lowest BCUT2D eigenvalue weighted by atomic mass is 10.1. The number of hydrogen-bond acceptors (Lipinski definition) is 6. The number of nitro benzene ring substituents is 1. The molecule has 0 N–H and O–H groups in total. The smallest absolute Gasteiger partial charge is 0.387 e. The Hall–Kier alpha value is -2.76. The zero-order valence-corrected chi connectivity index (χ0v) is 10.1. The van der Waals surface area contributed by atoms with Gasteiger partial charge in [-0.1, -0.05) is 0 Å². The third-order valence-corrected chi connectivity index (χ3v) is 2.12. The molecule has 0 saturated carbocycles. The van der Waals surface area contributed by atoms with Crippen molar-refractivity contribution >= 4 is 11.7 Å². The first-order valence-corrected chi connectivity index (χ1v) is 5.25. The molecule has 106 valence electrons. The van der Waals surface area contributed by atoms with E-state index < -0.39 is 40.1 Å². The lowest BCUT2D eigenvalue weighted by Crippen LogP contribution is -2.10. The number of rotatable bonds is 5. The number of alkyl halides is 2. The van der Waals surface area contributed by atoms with Crippen LogP contribution in [0.1, 0.15) is 22.8 Å². The van der Waals surface area contributed by atoms with Crippen LogP contribution >= 0.6 is 0 Å². The molecule has 1 rings (SSSR count). The molecule has 0 aliphatic heterocycles. The van der Waals surface area contributed by atoms with Gasteiger partial charge in [0, 0.05) is 0 Å². The fraction of sp³-hybridized carbons (Fsp3) is 0.273. The van der Waals surface area contributed by atoms with E-state index in [0.717, 1.165) is 6.07 Å². The predicted molar refractivity (Wildman–Crippen MR) is 60.4 cm³/mol. The van der Waals surface area contributed by atoms with Gasteiger partial charge in [-0.25, -0.2) is 4.79 Å². The van der Waals surface area contributed by atoms with Gasteiger partial charge in [0.25, 0.3) is 5.69 Å². The first-order chi connectivity index (χ1) is 9.40. The molecule has 9 heteroatoms. The summed E-state index contributed by atoms with van der Waals surface area (Å²) in [5, 5.41) is 19.7. The van der Waals surface area contributed by atoms with Gasteiger partial charge < -0.3 is 9.47 Å². The maximum Gasteiger partial charge on any atom is 0.387 e. The lowest BCUT2D eigenvalue weighted by molar-refractivity contribution is -0.385. The van der Waals surface area contributed by atoms with Crippen LogP contribution in [0.25, 0.3) is 0 Å². The summed E-state index contributed by atoms with van der Waals surface area (Å²) < 4.78 is 32.9. The Kier molecular flexibility index (Phi) is 4.91. The Morgan fingerprint density at radius 1 is 1.55 bits per heavy atom. The predicted octanol–water partition coefficient (Wildman–Crippen LogP) is 2.24. The largest absolute Gasteiger partial charge is 0.462 e. The molecule has 0 aromatic heterocycles. The van der Waals surface area contributed by atoms with E-state index in [1.807, 2.05) is 0 Å². The first kappa shape index (κ1) is 15.3. The van der Waals surface area contributed by atoms with Crippen LogP contribution in [0.15, 0.2) is 12.1 Å². The van der Waals surface area contributed by atoms with Crippen molar-refractivity contribution < 1.29 is 28.0 Å². The van der Waals surface area contributed by atoms with Gasteiger partial charge in [0.1, 0.15) is 17.4 Å². The minimum atomic E-state index is -3.22. The van der Waals surface area contributed by atoms with Crippen LogP contribution in [0, 0.1) is 21.4 Å². The SMILES string of the molecule is CCOC(=O)c1cc(OC(F)F)cc([N+](=O)[O-])c1C#N. The van der Waals surface area contributed by atoms with Gasteiger partial charge in [0.05, 0.1) is 23.2 Å². The van der Waals surface area contributed by atoms with Crippen LogP contribution in [-0.4, -0.2) is 24.1 Å². The van der Waals surface area contributed by atoms with Crippen molar-refractivity contribution in [3.63, 3.8) is 0 Å². The summed E-state index contributed by atoms with van der Waals surface area (Å²) in [7, 11) is 0. The average Bonchev–Trinajstić information content (AvgIpc) is 2.37. The summed E-state index contributed by atoms with van der Waals surface area (Å²) in [6.07, 6.45) is 0. The highest BCUT2D eigenvalue weighted by Gasteiger charge is 2.25. The zero-order chi connectivity index (χ0) is 15.3. The first-order valence-electron chi connectivity index (χ1n) is 5.25. The molecule has 1 aromatic rings. The molecule has 0 amide bonds. The number of benzene rings is 1. The third-order valence-electron chi connectivity index (χ3n) is 2.12. The number of carbonyl (C=O) groups is 1. The Balaban J connectivity index is 3.45. The maximum atomic E-state index is 12.1. The Morgan fingerprint density at radius 3 is 2.65 bits per heavy atom. The van der Waals surface area contributed by atoms with Gasteiger partial charge in [0.15, 0.2) is 0 Å². The van der Waals surface area contributed by atoms with Gasteiger partial charge in [0.2, 0.25) is 0 Å². The van der Waals surface area contributed by atoms with Gasteiger partial charge in [-0.3, -0.25) is 10.1 Å². The summed E-state index contributed by atoms with van der Waals surface area (Å²) >= 11 is 0. The number of nitrogens with zero attached hydrogens (tertiary/aromatic N) is 2. The molecule has 0 saturated heterocycles. The molecule has 1 aromatic carbocycles. The molecule has 0 fully saturated rings. The molecular weight excluding hydrogens is 278 g/mol. The number of nitro groups is 1. The van der Waals surface area contributed by atoms with Crippen molar-refractivity contribution in [3.8, 4) is 11.8 Å². The zero-order valence-electron chi connectivity index (χ0n) is 10.1. The quantitative estimate of drug-likeness (QED) is 0.467. The van der Waals surface area contributed by atoms with Crippen molar-refractivity contribution in [2.45, 2.75) is 13.5 Å². The summed E-state index contributed by atoms with van der Waals surface area (Å²) in [6, 6.07) is 2.93. The highest BCUT2D eigenvalue weighted by molar-refractivity contribution is 5.94. The van der Waals surface area contributed by atoms with Crippen LogP contribution in [-0.2, 0) is 4.74 Å². The Bertz CT molecular complexity index is 583. The van der Waals surface area contributed by atoms with E-state index in [4.69, 9.17) is 5.26 Å². The molecule has 0 heterocycles. The Labute approximate surface area is 111 Å². The summed E-state index contributed by atoms with van der Waals surface area (Å²) in [4.78, 5) is 21.4. The fourth-order valence-corrected chi connectivity index (χ4v) is 1.40. The molecular formula is C11H8F2N2O5. The second-order valence-corrected chi connectivity index (χ2v) is 3.33. The molecule has 0 aliphatic carbocycles. The van der Waals surface area contributed by atoms with Gasteiger partial charge in [-0.2, -0.15) is 14.0 Å². The maximum absolute atomic E-state index is 12.1. The number of carbonyl (C=O) groups excluding carboxylic acids is 1. The fourth-order valence-electron chi connectivity index (χ4n) is 1.40. The molecule has 20 heavy (non-hydrogen) atoms. The number of esters is 1.